The number of fused-ring (bicyclic) bond motifs is 1. The van der Waals surface area contributed by atoms with Crippen LogP contribution in [0.15, 0.2) is 6.07 Å². The molecular formula is C12H17ClN2OS. The summed E-state index contributed by atoms with van der Waals surface area (Å²) < 4.78 is 0.849. The summed E-state index contributed by atoms with van der Waals surface area (Å²) >= 11 is 7.70. The standard InChI is InChI=1S/C12H17ClN2OS/c1-2-14-12(16)7-15-9-4-3-5-10-8(9)6-11(13)17-10/h6,9,15H,2-5,7H2,1H3,(H,14,16). The molecule has 2 rings (SSSR count). The number of amides is 1. The van der Waals surface area contributed by atoms with Gasteiger partial charge in [-0.2, -0.15) is 0 Å². The lowest BCUT2D eigenvalue weighted by atomic mass is 9.94. The van der Waals surface area contributed by atoms with E-state index in [-0.39, 0.29) is 11.9 Å². The highest BCUT2D eigenvalue weighted by atomic mass is 35.5. The van der Waals surface area contributed by atoms with Crippen molar-refractivity contribution in [2.24, 2.45) is 0 Å². The smallest absolute Gasteiger partial charge is 0.233 e. The van der Waals surface area contributed by atoms with Crippen LogP contribution in [-0.2, 0) is 11.2 Å². The highest BCUT2D eigenvalue weighted by Crippen LogP contribution is 2.37. The Morgan fingerprint density at radius 3 is 3.24 bits per heavy atom. The van der Waals surface area contributed by atoms with Gasteiger partial charge in [0.15, 0.2) is 0 Å². The minimum absolute atomic E-state index is 0.0564. The van der Waals surface area contributed by atoms with E-state index in [0.29, 0.717) is 13.1 Å². The van der Waals surface area contributed by atoms with Crippen molar-refractivity contribution in [2.45, 2.75) is 32.2 Å². The fourth-order valence-corrected chi connectivity index (χ4v) is 3.59. The Morgan fingerprint density at radius 1 is 1.65 bits per heavy atom. The maximum atomic E-state index is 11.4. The third-order valence-corrected chi connectivity index (χ3v) is 4.31. The van der Waals surface area contributed by atoms with Gasteiger partial charge in [-0.1, -0.05) is 11.6 Å². The number of thiophene rings is 1. The molecule has 0 aliphatic heterocycles. The van der Waals surface area contributed by atoms with Gasteiger partial charge in [-0.05, 0) is 37.8 Å². The first-order valence-corrected chi connectivity index (χ1v) is 7.18. The SMILES string of the molecule is CCNC(=O)CNC1CCCc2sc(Cl)cc21. The average molecular weight is 273 g/mol. The predicted octanol–water partition coefficient (Wildman–Crippen LogP) is 2.50. The summed E-state index contributed by atoms with van der Waals surface area (Å²) in [6.07, 6.45) is 3.36. The number of aryl methyl sites for hydroxylation is 1. The van der Waals surface area contributed by atoms with Crippen LogP contribution in [-0.4, -0.2) is 19.0 Å². The lowest BCUT2D eigenvalue weighted by molar-refractivity contribution is -0.120. The number of likely N-dealkylation sites (N-methyl/N-ethyl adjacent to an activating group) is 1. The van der Waals surface area contributed by atoms with E-state index in [1.807, 2.05) is 13.0 Å². The van der Waals surface area contributed by atoms with E-state index in [9.17, 15) is 4.79 Å². The zero-order chi connectivity index (χ0) is 12.3. The van der Waals surface area contributed by atoms with Crippen LogP contribution in [0.1, 0.15) is 36.2 Å². The van der Waals surface area contributed by atoms with Crippen LogP contribution < -0.4 is 10.6 Å². The number of halogens is 1. The maximum absolute atomic E-state index is 11.4. The fraction of sp³-hybridized carbons (Fsp3) is 0.583. The normalized spacial score (nSPS) is 18.8. The zero-order valence-electron chi connectivity index (χ0n) is 9.88. The quantitative estimate of drug-likeness (QED) is 0.884. The summed E-state index contributed by atoms with van der Waals surface area (Å²) in [5.41, 5.74) is 1.29. The second-order valence-electron chi connectivity index (χ2n) is 4.21. The number of rotatable bonds is 4. The van der Waals surface area contributed by atoms with Crippen LogP contribution in [0.4, 0.5) is 0 Å². The molecule has 0 fully saturated rings. The van der Waals surface area contributed by atoms with Gasteiger partial charge in [0.25, 0.3) is 0 Å². The first-order valence-electron chi connectivity index (χ1n) is 5.99. The van der Waals surface area contributed by atoms with E-state index >= 15 is 0 Å². The summed E-state index contributed by atoms with van der Waals surface area (Å²) in [6.45, 7) is 2.99. The molecule has 1 aromatic heterocycles. The van der Waals surface area contributed by atoms with Crippen LogP contribution in [0.5, 0.6) is 0 Å². The van der Waals surface area contributed by atoms with Gasteiger partial charge in [0.1, 0.15) is 0 Å². The molecule has 1 amide bonds. The Labute approximate surface area is 111 Å². The van der Waals surface area contributed by atoms with Crippen molar-refractivity contribution in [2.75, 3.05) is 13.1 Å². The van der Waals surface area contributed by atoms with Crippen LogP contribution in [0.2, 0.25) is 4.34 Å². The van der Waals surface area contributed by atoms with Crippen molar-refractivity contribution in [3.63, 3.8) is 0 Å². The Balaban J connectivity index is 1.96. The van der Waals surface area contributed by atoms with Crippen molar-refractivity contribution in [1.82, 2.24) is 10.6 Å². The number of carbonyl (C=O) groups is 1. The minimum atomic E-state index is 0.0564. The molecule has 0 saturated carbocycles. The third-order valence-electron chi connectivity index (χ3n) is 2.97. The van der Waals surface area contributed by atoms with Gasteiger partial charge >= 0.3 is 0 Å². The molecule has 1 heterocycles. The van der Waals surface area contributed by atoms with Crippen LogP contribution in [0.25, 0.3) is 0 Å². The van der Waals surface area contributed by atoms with Crippen molar-refractivity contribution >= 4 is 28.8 Å². The van der Waals surface area contributed by atoms with E-state index in [1.165, 1.54) is 10.4 Å². The molecule has 17 heavy (non-hydrogen) atoms. The monoisotopic (exact) mass is 272 g/mol. The summed E-state index contributed by atoms with van der Waals surface area (Å²) in [4.78, 5) is 12.8. The fourth-order valence-electron chi connectivity index (χ4n) is 2.21. The van der Waals surface area contributed by atoms with Crippen LogP contribution >= 0.6 is 22.9 Å². The molecule has 94 valence electrons. The highest BCUT2D eigenvalue weighted by Gasteiger charge is 2.22. The molecular weight excluding hydrogens is 256 g/mol. The van der Waals surface area contributed by atoms with E-state index in [0.717, 1.165) is 23.6 Å². The number of nitrogens with one attached hydrogen (secondary N) is 2. The summed E-state index contributed by atoms with van der Waals surface area (Å²) in [7, 11) is 0. The van der Waals surface area contributed by atoms with Crippen molar-refractivity contribution in [3.8, 4) is 0 Å². The van der Waals surface area contributed by atoms with E-state index < -0.39 is 0 Å². The molecule has 1 aliphatic carbocycles. The molecule has 3 nitrogen and oxygen atoms in total. The van der Waals surface area contributed by atoms with Gasteiger partial charge < -0.3 is 10.6 Å². The Morgan fingerprint density at radius 2 is 2.47 bits per heavy atom. The number of carbonyl (C=O) groups excluding carboxylic acids is 1. The van der Waals surface area contributed by atoms with Gasteiger partial charge in [-0.3, -0.25) is 4.79 Å². The van der Waals surface area contributed by atoms with Crippen LogP contribution in [0.3, 0.4) is 0 Å². The lowest BCUT2D eigenvalue weighted by Crippen LogP contribution is -2.36. The zero-order valence-corrected chi connectivity index (χ0v) is 11.5. The first-order chi connectivity index (χ1) is 8.20. The van der Waals surface area contributed by atoms with Crippen molar-refractivity contribution in [3.05, 3.63) is 20.8 Å². The van der Waals surface area contributed by atoms with Crippen molar-refractivity contribution in [1.29, 1.82) is 0 Å². The van der Waals surface area contributed by atoms with Crippen LogP contribution in [0, 0.1) is 0 Å². The molecule has 0 aromatic carbocycles. The Bertz CT molecular complexity index is 405. The first kappa shape index (κ1) is 12.9. The number of hydrogen-bond donors (Lipinski definition) is 2. The number of hydrogen-bond acceptors (Lipinski definition) is 3. The van der Waals surface area contributed by atoms with Gasteiger partial charge in [0.05, 0.1) is 10.9 Å². The highest BCUT2D eigenvalue weighted by molar-refractivity contribution is 7.16. The molecule has 0 radical (unpaired) electrons. The van der Waals surface area contributed by atoms with E-state index in [1.54, 1.807) is 11.3 Å². The largest absolute Gasteiger partial charge is 0.355 e. The molecule has 0 bridgehead atoms. The topological polar surface area (TPSA) is 41.1 Å². The maximum Gasteiger partial charge on any atom is 0.233 e. The third kappa shape index (κ3) is 3.21. The molecule has 5 heteroatoms. The summed E-state index contributed by atoms with van der Waals surface area (Å²) in [5.74, 6) is 0.0564. The summed E-state index contributed by atoms with van der Waals surface area (Å²) in [5, 5.41) is 6.10. The predicted molar refractivity (Wildman–Crippen MR) is 71.7 cm³/mol. The minimum Gasteiger partial charge on any atom is -0.355 e. The van der Waals surface area contributed by atoms with E-state index in [2.05, 4.69) is 10.6 Å². The molecule has 1 aromatic rings. The Hall–Kier alpha value is -0.580. The van der Waals surface area contributed by atoms with Gasteiger partial charge in [0, 0.05) is 17.5 Å². The van der Waals surface area contributed by atoms with Gasteiger partial charge in [0.2, 0.25) is 5.91 Å². The second kappa shape index (κ2) is 5.85. The molecule has 1 aliphatic rings. The molecule has 0 saturated heterocycles. The second-order valence-corrected chi connectivity index (χ2v) is 5.98. The average Bonchev–Trinajstić information content (AvgIpc) is 2.67. The van der Waals surface area contributed by atoms with Gasteiger partial charge in [-0.15, -0.1) is 11.3 Å². The van der Waals surface area contributed by atoms with Crippen molar-refractivity contribution < 1.29 is 4.79 Å². The molecule has 0 spiro atoms. The molecule has 1 atom stereocenters. The molecule has 2 N–H and O–H groups in total. The summed E-state index contributed by atoms with van der Waals surface area (Å²) in [6, 6.07) is 2.32. The van der Waals surface area contributed by atoms with Gasteiger partial charge in [-0.25, -0.2) is 0 Å². The van der Waals surface area contributed by atoms with E-state index in [4.69, 9.17) is 11.6 Å². The molecule has 1 unspecified atom stereocenters. The lowest BCUT2D eigenvalue weighted by Gasteiger charge is -2.23. The Kier molecular flexibility index (Phi) is 4.42.